The highest BCUT2D eigenvalue weighted by atomic mass is 16.6. The third-order valence-corrected chi connectivity index (χ3v) is 5.80. The first-order chi connectivity index (χ1) is 16.1. The predicted octanol–water partition coefficient (Wildman–Crippen LogP) is 2.01. The summed E-state index contributed by atoms with van der Waals surface area (Å²) >= 11 is 0. The third kappa shape index (κ3) is 5.25. The molecule has 0 bridgehead atoms. The molecular weight excluding hydrogens is 426 g/mol. The van der Waals surface area contributed by atoms with Gasteiger partial charge in [0.25, 0.3) is 0 Å². The Bertz CT molecular complexity index is 1030. The minimum absolute atomic E-state index is 0.397. The van der Waals surface area contributed by atoms with E-state index in [0.29, 0.717) is 23.5 Å². The van der Waals surface area contributed by atoms with E-state index in [0.717, 1.165) is 24.3 Å². The zero-order chi connectivity index (χ0) is 23.2. The minimum atomic E-state index is -1.21. The van der Waals surface area contributed by atoms with Crippen molar-refractivity contribution < 1.29 is 24.8 Å². The van der Waals surface area contributed by atoms with Crippen LogP contribution in [-0.4, -0.2) is 66.4 Å². The maximum Gasteiger partial charge on any atom is 0.167 e. The molecule has 4 atom stereocenters. The Hall–Kier alpha value is -2.79. The SMILES string of the molecule is CCCCCCOc1ccc(CNc2ncnc3c2ncn3C2O[C@H](CO)[C@@H](O)[C@H]2O)cc1. The number of imidazole rings is 1. The van der Waals surface area contributed by atoms with Crippen LogP contribution in [0.15, 0.2) is 36.9 Å². The van der Waals surface area contributed by atoms with Crippen molar-refractivity contribution in [2.75, 3.05) is 18.5 Å². The van der Waals surface area contributed by atoms with Crippen molar-refractivity contribution in [3.8, 4) is 5.75 Å². The molecule has 1 aliphatic heterocycles. The number of fused-ring (bicyclic) bond motifs is 1. The average molecular weight is 458 g/mol. The molecule has 1 aliphatic rings. The second-order valence-corrected chi connectivity index (χ2v) is 8.18. The van der Waals surface area contributed by atoms with E-state index in [-0.39, 0.29) is 0 Å². The van der Waals surface area contributed by atoms with Gasteiger partial charge in [-0.05, 0) is 24.1 Å². The van der Waals surface area contributed by atoms with Crippen LogP contribution in [0.4, 0.5) is 5.82 Å². The van der Waals surface area contributed by atoms with Crippen LogP contribution in [0.1, 0.15) is 44.4 Å². The normalized spacial score (nSPS) is 22.7. The molecule has 2 aromatic heterocycles. The Morgan fingerprint density at radius 2 is 1.88 bits per heavy atom. The second-order valence-electron chi connectivity index (χ2n) is 8.18. The molecule has 0 amide bonds. The molecule has 1 saturated heterocycles. The van der Waals surface area contributed by atoms with Crippen LogP contribution < -0.4 is 10.1 Å². The molecule has 10 nitrogen and oxygen atoms in total. The highest BCUT2D eigenvalue weighted by Gasteiger charge is 2.44. The summed E-state index contributed by atoms with van der Waals surface area (Å²) in [6.45, 7) is 3.06. The van der Waals surface area contributed by atoms with Gasteiger partial charge >= 0.3 is 0 Å². The van der Waals surface area contributed by atoms with Crippen LogP contribution in [0.25, 0.3) is 11.2 Å². The number of nitrogens with one attached hydrogen (secondary N) is 1. The fourth-order valence-electron chi connectivity index (χ4n) is 3.89. The summed E-state index contributed by atoms with van der Waals surface area (Å²) in [4.78, 5) is 12.9. The Labute approximate surface area is 192 Å². The molecule has 0 spiro atoms. The van der Waals surface area contributed by atoms with Crippen LogP contribution in [0, 0.1) is 0 Å². The summed E-state index contributed by atoms with van der Waals surface area (Å²) in [5.41, 5.74) is 2.03. The maximum absolute atomic E-state index is 10.3. The van der Waals surface area contributed by atoms with E-state index >= 15 is 0 Å². The molecule has 178 valence electrons. The smallest absolute Gasteiger partial charge is 0.167 e. The number of aromatic nitrogens is 4. The number of nitrogens with zero attached hydrogens (tertiary/aromatic N) is 4. The highest BCUT2D eigenvalue weighted by Crippen LogP contribution is 2.32. The number of anilines is 1. The van der Waals surface area contributed by atoms with E-state index in [1.54, 1.807) is 4.57 Å². The van der Waals surface area contributed by atoms with Crippen LogP contribution in [0.5, 0.6) is 5.75 Å². The summed E-state index contributed by atoms with van der Waals surface area (Å²) in [6, 6.07) is 7.93. The first kappa shape index (κ1) is 23.4. The lowest BCUT2D eigenvalue weighted by Gasteiger charge is -2.16. The lowest BCUT2D eigenvalue weighted by Crippen LogP contribution is -2.33. The fourth-order valence-corrected chi connectivity index (χ4v) is 3.89. The molecule has 3 aromatic rings. The van der Waals surface area contributed by atoms with Gasteiger partial charge in [-0.3, -0.25) is 4.57 Å². The van der Waals surface area contributed by atoms with Gasteiger partial charge in [0.15, 0.2) is 23.2 Å². The van der Waals surface area contributed by atoms with Crippen LogP contribution in [-0.2, 0) is 11.3 Å². The van der Waals surface area contributed by atoms with Crippen molar-refractivity contribution in [3.05, 3.63) is 42.5 Å². The van der Waals surface area contributed by atoms with Crippen LogP contribution in [0.3, 0.4) is 0 Å². The minimum Gasteiger partial charge on any atom is -0.494 e. The van der Waals surface area contributed by atoms with Crippen molar-refractivity contribution in [1.29, 1.82) is 0 Å². The molecule has 0 aliphatic carbocycles. The van der Waals surface area contributed by atoms with E-state index in [1.807, 2.05) is 24.3 Å². The fraction of sp³-hybridized carbons (Fsp3) is 0.522. The summed E-state index contributed by atoms with van der Waals surface area (Å²) in [5, 5.41) is 33.0. The lowest BCUT2D eigenvalue weighted by atomic mass is 10.1. The number of aliphatic hydroxyl groups is 3. The van der Waals surface area contributed by atoms with Crippen molar-refractivity contribution >= 4 is 17.0 Å². The molecule has 4 rings (SSSR count). The molecule has 1 unspecified atom stereocenters. The average Bonchev–Trinajstić information content (AvgIpc) is 3.39. The molecule has 10 heteroatoms. The van der Waals surface area contributed by atoms with E-state index in [1.165, 1.54) is 31.9 Å². The van der Waals surface area contributed by atoms with Crippen molar-refractivity contribution in [2.24, 2.45) is 0 Å². The van der Waals surface area contributed by atoms with Gasteiger partial charge in [-0.2, -0.15) is 0 Å². The molecule has 0 saturated carbocycles. The van der Waals surface area contributed by atoms with Gasteiger partial charge in [0.1, 0.15) is 30.4 Å². The predicted molar refractivity (Wildman–Crippen MR) is 122 cm³/mol. The Morgan fingerprint density at radius 3 is 2.61 bits per heavy atom. The van der Waals surface area contributed by atoms with Gasteiger partial charge in [-0.15, -0.1) is 0 Å². The summed E-state index contributed by atoms with van der Waals surface area (Å²) in [6.07, 6.45) is 3.41. The number of ether oxygens (including phenoxy) is 2. The van der Waals surface area contributed by atoms with Crippen molar-refractivity contribution in [3.63, 3.8) is 0 Å². The first-order valence-electron chi connectivity index (χ1n) is 11.4. The third-order valence-electron chi connectivity index (χ3n) is 5.80. The number of benzene rings is 1. The van der Waals surface area contributed by atoms with Gasteiger partial charge in [0.05, 0.1) is 19.5 Å². The van der Waals surface area contributed by atoms with Gasteiger partial charge in [0, 0.05) is 6.54 Å². The highest BCUT2D eigenvalue weighted by molar-refractivity contribution is 5.82. The summed E-state index contributed by atoms with van der Waals surface area (Å²) in [7, 11) is 0. The lowest BCUT2D eigenvalue weighted by molar-refractivity contribution is -0.0511. The van der Waals surface area contributed by atoms with Crippen LogP contribution in [0.2, 0.25) is 0 Å². The Balaban J connectivity index is 1.39. The zero-order valence-corrected chi connectivity index (χ0v) is 18.7. The second kappa shape index (κ2) is 10.9. The number of hydrogen-bond acceptors (Lipinski definition) is 9. The molecule has 1 aromatic carbocycles. The monoisotopic (exact) mass is 457 g/mol. The number of hydrogen-bond donors (Lipinski definition) is 4. The quantitative estimate of drug-likeness (QED) is 0.319. The molecule has 3 heterocycles. The largest absolute Gasteiger partial charge is 0.494 e. The molecule has 1 fully saturated rings. The maximum atomic E-state index is 10.3. The van der Waals surface area contributed by atoms with E-state index in [2.05, 4.69) is 27.2 Å². The summed E-state index contributed by atoms with van der Waals surface area (Å²) < 4.78 is 12.9. The molecule has 33 heavy (non-hydrogen) atoms. The molecule has 0 radical (unpaired) electrons. The van der Waals surface area contributed by atoms with Gasteiger partial charge in [0.2, 0.25) is 0 Å². The molecular formula is C23H31N5O5. The number of rotatable bonds is 11. The topological polar surface area (TPSA) is 135 Å². The van der Waals surface area contributed by atoms with Gasteiger partial charge < -0.3 is 30.1 Å². The van der Waals surface area contributed by atoms with Gasteiger partial charge in [-0.1, -0.05) is 38.3 Å². The van der Waals surface area contributed by atoms with Crippen molar-refractivity contribution in [1.82, 2.24) is 19.5 Å². The van der Waals surface area contributed by atoms with Gasteiger partial charge in [-0.25, -0.2) is 15.0 Å². The zero-order valence-electron chi connectivity index (χ0n) is 18.7. The van der Waals surface area contributed by atoms with E-state index in [9.17, 15) is 15.3 Å². The van der Waals surface area contributed by atoms with Crippen molar-refractivity contribution in [2.45, 2.75) is 63.7 Å². The first-order valence-corrected chi connectivity index (χ1v) is 11.4. The van der Waals surface area contributed by atoms with E-state index in [4.69, 9.17) is 9.47 Å². The Kier molecular flexibility index (Phi) is 7.71. The standard InChI is InChI=1S/C23H31N5O5/c1-2-3-4-5-10-32-16-8-6-15(7-9-16)11-24-21-18-22(26-13-25-21)28(14-27-18)23-20(31)19(30)17(12-29)33-23/h6-9,13-14,17,19-20,23,29-31H,2-5,10-12H2,1H3,(H,24,25,26)/t17-,19-,20-,23?/m1/s1. The Morgan fingerprint density at radius 1 is 1.06 bits per heavy atom. The molecule has 4 N–H and O–H groups in total. The number of unbranched alkanes of at least 4 members (excludes halogenated alkanes) is 3. The van der Waals surface area contributed by atoms with Crippen LogP contribution >= 0.6 is 0 Å². The number of aliphatic hydroxyl groups excluding tert-OH is 3. The summed E-state index contributed by atoms with van der Waals surface area (Å²) in [5.74, 6) is 1.40. The van der Waals surface area contributed by atoms with E-state index < -0.39 is 31.1 Å².